The highest BCUT2D eigenvalue weighted by Crippen LogP contribution is 2.13. The van der Waals surface area contributed by atoms with Gasteiger partial charge in [-0.2, -0.15) is 0 Å². The monoisotopic (exact) mass is 340 g/mol. The van der Waals surface area contributed by atoms with Gasteiger partial charge in [0.15, 0.2) is 0 Å². The van der Waals surface area contributed by atoms with Gasteiger partial charge in [-0.25, -0.2) is 9.78 Å². The van der Waals surface area contributed by atoms with Gasteiger partial charge in [0, 0.05) is 46.0 Å². The number of piperazine rings is 1. The molecule has 2 aromatic rings. The molecule has 1 aliphatic heterocycles. The topological polar surface area (TPSA) is 57.7 Å². The SMILES string of the molecule is COCc1ccccc1CNC(=O)N1CCN(c2ccccn2)CC1. The molecule has 25 heavy (non-hydrogen) atoms. The summed E-state index contributed by atoms with van der Waals surface area (Å²) in [4.78, 5) is 20.9. The number of aromatic nitrogens is 1. The Labute approximate surface area is 148 Å². The molecule has 3 rings (SSSR count). The first-order valence-electron chi connectivity index (χ1n) is 8.52. The molecule has 0 atom stereocenters. The van der Waals surface area contributed by atoms with E-state index in [-0.39, 0.29) is 6.03 Å². The van der Waals surface area contributed by atoms with Gasteiger partial charge in [-0.3, -0.25) is 0 Å². The number of rotatable bonds is 5. The van der Waals surface area contributed by atoms with Gasteiger partial charge in [-0.05, 0) is 23.3 Å². The number of anilines is 1. The van der Waals surface area contributed by atoms with Crippen LogP contribution in [0.3, 0.4) is 0 Å². The van der Waals surface area contributed by atoms with Crippen LogP contribution in [-0.2, 0) is 17.9 Å². The summed E-state index contributed by atoms with van der Waals surface area (Å²) < 4.78 is 5.21. The number of amides is 2. The van der Waals surface area contributed by atoms with E-state index in [1.54, 1.807) is 13.3 Å². The predicted molar refractivity (Wildman–Crippen MR) is 97.4 cm³/mol. The van der Waals surface area contributed by atoms with Gasteiger partial charge in [-0.15, -0.1) is 0 Å². The average Bonchev–Trinajstić information content (AvgIpc) is 2.68. The second-order valence-electron chi connectivity index (χ2n) is 6.02. The van der Waals surface area contributed by atoms with Gasteiger partial charge < -0.3 is 19.9 Å². The second-order valence-corrected chi connectivity index (χ2v) is 6.02. The third-order valence-electron chi connectivity index (χ3n) is 4.39. The molecule has 0 bridgehead atoms. The van der Waals surface area contributed by atoms with E-state index >= 15 is 0 Å². The number of carbonyl (C=O) groups excluding carboxylic acids is 1. The molecule has 2 heterocycles. The molecule has 1 fully saturated rings. The van der Waals surface area contributed by atoms with Crippen LogP contribution in [-0.4, -0.2) is 49.2 Å². The first-order valence-corrected chi connectivity index (χ1v) is 8.52. The van der Waals surface area contributed by atoms with Crippen LogP contribution in [0.2, 0.25) is 0 Å². The highest BCUT2D eigenvalue weighted by Gasteiger charge is 2.21. The summed E-state index contributed by atoms with van der Waals surface area (Å²) in [6.45, 7) is 4.05. The van der Waals surface area contributed by atoms with Crippen LogP contribution in [0.25, 0.3) is 0 Å². The minimum Gasteiger partial charge on any atom is -0.380 e. The molecular weight excluding hydrogens is 316 g/mol. The molecule has 1 aromatic heterocycles. The molecule has 1 aliphatic rings. The molecule has 0 saturated carbocycles. The summed E-state index contributed by atoms with van der Waals surface area (Å²) in [6, 6.07) is 13.9. The van der Waals surface area contributed by atoms with E-state index in [1.807, 2.05) is 47.4 Å². The van der Waals surface area contributed by atoms with Crippen LogP contribution in [0, 0.1) is 0 Å². The number of ether oxygens (including phenoxy) is 1. The highest BCUT2D eigenvalue weighted by atomic mass is 16.5. The van der Waals surface area contributed by atoms with Crippen molar-refractivity contribution in [2.75, 3.05) is 38.2 Å². The fraction of sp³-hybridized carbons (Fsp3) is 0.368. The fourth-order valence-corrected chi connectivity index (χ4v) is 2.99. The number of nitrogens with zero attached hydrogens (tertiary/aromatic N) is 3. The number of carbonyl (C=O) groups is 1. The number of nitrogens with one attached hydrogen (secondary N) is 1. The molecule has 132 valence electrons. The zero-order valence-electron chi connectivity index (χ0n) is 14.5. The van der Waals surface area contributed by atoms with E-state index in [4.69, 9.17) is 4.74 Å². The summed E-state index contributed by atoms with van der Waals surface area (Å²) >= 11 is 0. The Bertz CT molecular complexity index is 685. The highest BCUT2D eigenvalue weighted by molar-refractivity contribution is 5.74. The van der Waals surface area contributed by atoms with E-state index in [0.29, 0.717) is 26.2 Å². The first kappa shape index (κ1) is 17.2. The normalized spacial score (nSPS) is 14.4. The largest absolute Gasteiger partial charge is 0.380 e. The Morgan fingerprint density at radius 3 is 2.48 bits per heavy atom. The van der Waals surface area contributed by atoms with Crippen molar-refractivity contribution in [1.29, 1.82) is 0 Å². The van der Waals surface area contributed by atoms with E-state index < -0.39 is 0 Å². The average molecular weight is 340 g/mol. The van der Waals surface area contributed by atoms with E-state index in [0.717, 1.165) is 30.0 Å². The first-order chi connectivity index (χ1) is 12.3. The lowest BCUT2D eigenvalue weighted by atomic mass is 10.1. The summed E-state index contributed by atoms with van der Waals surface area (Å²) in [5.41, 5.74) is 2.19. The Balaban J connectivity index is 1.50. The molecule has 1 saturated heterocycles. The zero-order chi connectivity index (χ0) is 17.5. The summed E-state index contributed by atoms with van der Waals surface area (Å²) in [5.74, 6) is 0.969. The van der Waals surface area contributed by atoms with Gasteiger partial charge in [0.05, 0.1) is 6.61 Å². The Morgan fingerprint density at radius 2 is 1.80 bits per heavy atom. The molecule has 2 amide bonds. The zero-order valence-corrected chi connectivity index (χ0v) is 14.5. The van der Waals surface area contributed by atoms with Crippen LogP contribution in [0.15, 0.2) is 48.7 Å². The van der Waals surface area contributed by atoms with E-state index in [9.17, 15) is 4.79 Å². The van der Waals surface area contributed by atoms with Crippen LogP contribution in [0.4, 0.5) is 10.6 Å². The van der Waals surface area contributed by atoms with Crippen molar-refractivity contribution in [3.8, 4) is 0 Å². The third kappa shape index (κ3) is 4.48. The van der Waals surface area contributed by atoms with Gasteiger partial charge in [0.1, 0.15) is 5.82 Å². The second kappa shape index (κ2) is 8.48. The molecule has 0 unspecified atom stereocenters. The van der Waals surface area contributed by atoms with E-state index in [1.165, 1.54) is 0 Å². The molecule has 1 aromatic carbocycles. The van der Waals surface area contributed by atoms with Crippen molar-refractivity contribution in [2.24, 2.45) is 0 Å². The fourth-order valence-electron chi connectivity index (χ4n) is 2.99. The number of pyridine rings is 1. The molecule has 1 N–H and O–H groups in total. The van der Waals surface area contributed by atoms with Crippen LogP contribution < -0.4 is 10.2 Å². The van der Waals surface area contributed by atoms with Crippen molar-refractivity contribution in [2.45, 2.75) is 13.2 Å². The van der Waals surface area contributed by atoms with Gasteiger partial charge in [-0.1, -0.05) is 30.3 Å². The van der Waals surface area contributed by atoms with Gasteiger partial charge in [0.2, 0.25) is 0 Å². The standard InChI is InChI=1S/C19H24N4O2/c1-25-15-17-7-3-2-6-16(17)14-21-19(24)23-12-10-22(11-13-23)18-8-4-5-9-20-18/h2-9H,10-15H2,1H3,(H,21,24). The number of hydrogen-bond acceptors (Lipinski definition) is 4. The van der Waals surface area contributed by atoms with Gasteiger partial charge >= 0.3 is 6.03 Å². The predicted octanol–water partition coefficient (Wildman–Crippen LogP) is 2.26. The minimum absolute atomic E-state index is 0.0205. The molecule has 0 spiro atoms. The molecule has 6 nitrogen and oxygen atoms in total. The Hall–Kier alpha value is -2.60. The maximum atomic E-state index is 12.4. The van der Waals surface area contributed by atoms with Crippen molar-refractivity contribution in [3.63, 3.8) is 0 Å². The lowest BCUT2D eigenvalue weighted by Crippen LogP contribution is -2.51. The van der Waals surface area contributed by atoms with Crippen LogP contribution in [0.5, 0.6) is 0 Å². The maximum absolute atomic E-state index is 12.4. The Morgan fingerprint density at radius 1 is 1.08 bits per heavy atom. The van der Waals surface area contributed by atoms with Crippen molar-refractivity contribution < 1.29 is 9.53 Å². The Kier molecular flexibility index (Phi) is 5.85. The number of hydrogen-bond donors (Lipinski definition) is 1. The number of urea groups is 1. The lowest BCUT2D eigenvalue weighted by molar-refractivity contribution is 0.183. The lowest BCUT2D eigenvalue weighted by Gasteiger charge is -2.35. The molecule has 0 aliphatic carbocycles. The maximum Gasteiger partial charge on any atom is 0.317 e. The molecular formula is C19H24N4O2. The van der Waals surface area contributed by atoms with E-state index in [2.05, 4.69) is 15.2 Å². The number of benzene rings is 1. The molecule has 0 radical (unpaired) electrons. The van der Waals surface area contributed by atoms with Crippen LogP contribution in [0.1, 0.15) is 11.1 Å². The van der Waals surface area contributed by atoms with Crippen molar-refractivity contribution in [3.05, 3.63) is 59.8 Å². The van der Waals surface area contributed by atoms with Crippen molar-refractivity contribution in [1.82, 2.24) is 15.2 Å². The smallest absolute Gasteiger partial charge is 0.317 e. The summed E-state index contributed by atoms with van der Waals surface area (Å²) in [5, 5.41) is 3.02. The van der Waals surface area contributed by atoms with Gasteiger partial charge in [0.25, 0.3) is 0 Å². The summed E-state index contributed by atoms with van der Waals surface area (Å²) in [7, 11) is 1.68. The van der Waals surface area contributed by atoms with Crippen molar-refractivity contribution >= 4 is 11.8 Å². The summed E-state index contributed by atoms with van der Waals surface area (Å²) in [6.07, 6.45) is 1.80. The van der Waals surface area contributed by atoms with Crippen LogP contribution >= 0.6 is 0 Å². The third-order valence-corrected chi connectivity index (χ3v) is 4.39. The number of methoxy groups -OCH3 is 1. The quantitative estimate of drug-likeness (QED) is 0.907. The molecule has 6 heteroatoms. The minimum atomic E-state index is -0.0205.